The van der Waals surface area contributed by atoms with Crippen LogP contribution < -0.4 is 0 Å². The molecule has 3 heteroatoms. The van der Waals surface area contributed by atoms with Gasteiger partial charge in [0, 0.05) is 5.56 Å². The van der Waals surface area contributed by atoms with Crippen molar-refractivity contribution in [2.24, 2.45) is 0 Å². The van der Waals surface area contributed by atoms with Crippen LogP contribution in [0.4, 0.5) is 0 Å². The summed E-state index contributed by atoms with van der Waals surface area (Å²) in [4.78, 5) is 0. The van der Waals surface area contributed by atoms with E-state index in [1.165, 1.54) is 0 Å². The molecule has 0 fully saturated rings. The highest BCUT2D eigenvalue weighted by Crippen LogP contribution is 2.21. The Balaban J connectivity index is 2.39. The van der Waals surface area contributed by atoms with E-state index in [9.17, 15) is 0 Å². The Kier molecular flexibility index (Phi) is 2.59. The summed E-state index contributed by atoms with van der Waals surface area (Å²) in [5.41, 5.74) is 2.57. The van der Waals surface area contributed by atoms with Crippen LogP contribution >= 0.6 is 0 Å². The van der Waals surface area contributed by atoms with E-state index in [1.54, 1.807) is 12.3 Å². The monoisotopic (exact) mass is 201 g/mol. The minimum Gasteiger partial charge on any atom is -0.494 e. The number of hydrogen-bond donors (Lipinski definition) is 0. The fraction of sp³-hybridized carbons (Fsp3) is 0.250. The van der Waals surface area contributed by atoms with Crippen LogP contribution in [-0.4, -0.2) is 13.2 Å². The Morgan fingerprint density at radius 3 is 2.80 bits per heavy atom. The van der Waals surface area contributed by atoms with E-state index in [0.717, 1.165) is 11.1 Å². The van der Waals surface area contributed by atoms with Crippen molar-refractivity contribution >= 4 is 5.76 Å². The average Bonchev–Trinajstić information content (AvgIpc) is 2.29. The minimum absolute atomic E-state index is 0.557. The van der Waals surface area contributed by atoms with Gasteiger partial charge < -0.3 is 9.47 Å². The minimum atomic E-state index is 0.557. The number of nitrogens with zero attached hydrogens (tertiary/aromatic N) is 1. The van der Waals surface area contributed by atoms with Crippen LogP contribution in [-0.2, 0) is 9.47 Å². The Bertz CT molecular complexity index is 443. The third-order valence-electron chi connectivity index (χ3n) is 2.14. The summed E-state index contributed by atoms with van der Waals surface area (Å²) >= 11 is 0. The molecule has 0 radical (unpaired) electrons. The van der Waals surface area contributed by atoms with Crippen LogP contribution in [0.1, 0.15) is 16.7 Å². The molecule has 2 rings (SSSR count). The summed E-state index contributed by atoms with van der Waals surface area (Å²) in [6.07, 6.45) is 1.60. The fourth-order valence-electron chi connectivity index (χ4n) is 1.51. The van der Waals surface area contributed by atoms with Gasteiger partial charge in [-0.1, -0.05) is 0 Å². The van der Waals surface area contributed by atoms with Gasteiger partial charge in [0.05, 0.1) is 11.6 Å². The summed E-state index contributed by atoms with van der Waals surface area (Å²) in [6.45, 7) is 3.09. The highest BCUT2D eigenvalue weighted by Gasteiger charge is 2.09. The van der Waals surface area contributed by atoms with E-state index >= 15 is 0 Å². The lowest BCUT2D eigenvalue weighted by Crippen LogP contribution is -2.07. The van der Waals surface area contributed by atoms with Crippen molar-refractivity contribution in [1.82, 2.24) is 0 Å². The Labute approximate surface area is 88.5 Å². The predicted molar refractivity (Wildman–Crippen MR) is 55.8 cm³/mol. The first-order valence-corrected chi connectivity index (χ1v) is 4.76. The lowest BCUT2D eigenvalue weighted by atomic mass is 10.1. The molecular weight excluding hydrogens is 190 g/mol. The van der Waals surface area contributed by atoms with E-state index in [0.29, 0.717) is 24.5 Å². The first kappa shape index (κ1) is 9.60. The number of aryl methyl sites for hydroxylation is 1. The highest BCUT2D eigenvalue weighted by atomic mass is 16.6. The molecule has 0 unspecified atom stereocenters. The number of nitriles is 1. The highest BCUT2D eigenvalue weighted by molar-refractivity contribution is 5.62. The first-order valence-electron chi connectivity index (χ1n) is 4.76. The van der Waals surface area contributed by atoms with Gasteiger partial charge in [-0.05, 0) is 30.7 Å². The molecule has 1 heterocycles. The van der Waals surface area contributed by atoms with Crippen molar-refractivity contribution in [1.29, 1.82) is 5.26 Å². The van der Waals surface area contributed by atoms with Crippen molar-refractivity contribution in [3.8, 4) is 6.07 Å². The van der Waals surface area contributed by atoms with Gasteiger partial charge in [0.1, 0.15) is 19.5 Å². The van der Waals surface area contributed by atoms with E-state index in [4.69, 9.17) is 14.7 Å². The number of benzene rings is 1. The summed E-state index contributed by atoms with van der Waals surface area (Å²) in [6, 6.07) is 7.74. The largest absolute Gasteiger partial charge is 0.494 e. The first-order chi connectivity index (χ1) is 7.29. The summed E-state index contributed by atoms with van der Waals surface area (Å²) in [7, 11) is 0. The molecule has 0 saturated heterocycles. The SMILES string of the molecule is Cc1cc(C#N)cc(C2=COCCO2)c1. The maximum Gasteiger partial charge on any atom is 0.161 e. The Morgan fingerprint density at radius 1 is 1.27 bits per heavy atom. The van der Waals surface area contributed by atoms with E-state index in [-0.39, 0.29) is 0 Å². The standard InChI is InChI=1S/C12H11NO2/c1-9-4-10(7-13)6-11(5-9)12-8-14-2-3-15-12/h4-6,8H,2-3H2,1H3. The number of ether oxygens (including phenoxy) is 2. The molecule has 76 valence electrons. The van der Waals surface area contributed by atoms with Gasteiger partial charge in [-0.2, -0.15) is 5.26 Å². The Morgan fingerprint density at radius 2 is 2.13 bits per heavy atom. The van der Waals surface area contributed by atoms with Crippen LogP contribution in [0.5, 0.6) is 0 Å². The molecule has 0 saturated carbocycles. The molecule has 0 aliphatic carbocycles. The van der Waals surface area contributed by atoms with Crippen molar-refractivity contribution in [3.05, 3.63) is 41.2 Å². The molecule has 0 aromatic heterocycles. The second kappa shape index (κ2) is 4.05. The molecule has 3 nitrogen and oxygen atoms in total. The van der Waals surface area contributed by atoms with Crippen LogP contribution in [0.15, 0.2) is 24.5 Å². The predicted octanol–water partition coefficient (Wildman–Crippen LogP) is 2.21. The molecule has 1 aromatic carbocycles. The van der Waals surface area contributed by atoms with Crippen molar-refractivity contribution in [3.63, 3.8) is 0 Å². The second-order valence-corrected chi connectivity index (χ2v) is 3.40. The zero-order valence-corrected chi connectivity index (χ0v) is 8.49. The fourth-order valence-corrected chi connectivity index (χ4v) is 1.51. The van der Waals surface area contributed by atoms with Gasteiger partial charge in [-0.3, -0.25) is 0 Å². The molecule has 1 aliphatic rings. The zero-order valence-electron chi connectivity index (χ0n) is 8.49. The third kappa shape index (κ3) is 2.10. The molecular formula is C12H11NO2. The maximum absolute atomic E-state index is 8.84. The quantitative estimate of drug-likeness (QED) is 0.699. The van der Waals surface area contributed by atoms with Crippen LogP contribution in [0.25, 0.3) is 5.76 Å². The van der Waals surface area contributed by atoms with Crippen LogP contribution in [0, 0.1) is 18.3 Å². The van der Waals surface area contributed by atoms with E-state index in [2.05, 4.69) is 6.07 Å². The lowest BCUT2D eigenvalue weighted by molar-refractivity contribution is 0.125. The van der Waals surface area contributed by atoms with E-state index < -0.39 is 0 Å². The van der Waals surface area contributed by atoms with Crippen molar-refractivity contribution in [2.75, 3.05) is 13.2 Å². The van der Waals surface area contributed by atoms with E-state index in [1.807, 2.05) is 19.1 Å². The summed E-state index contributed by atoms with van der Waals surface area (Å²) in [5.74, 6) is 0.696. The summed E-state index contributed by atoms with van der Waals surface area (Å²) < 4.78 is 10.6. The maximum atomic E-state index is 8.84. The Hall–Kier alpha value is -1.95. The van der Waals surface area contributed by atoms with Crippen LogP contribution in [0.3, 0.4) is 0 Å². The van der Waals surface area contributed by atoms with Gasteiger partial charge in [0.2, 0.25) is 0 Å². The van der Waals surface area contributed by atoms with Gasteiger partial charge in [-0.15, -0.1) is 0 Å². The molecule has 0 atom stereocenters. The smallest absolute Gasteiger partial charge is 0.161 e. The van der Waals surface area contributed by atoms with Gasteiger partial charge in [0.15, 0.2) is 5.76 Å². The lowest BCUT2D eigenvalue weighted by Gasteiger charge is -2.16. The number of rotatable bonds is 1. The summed E-state index contributed by atoms with van der Waals surface area (Å²) in [5, 5.41) is 8.84. The molecule has 1 aromatic rings. The molecule has 0 spiro atoms. The van der Waals surface area contributed by atoms with Crippen molar-refractivity contribution < 1.29 is 9.47 Å². The third-order valence-corrected chi connectivity index (χ3v) is 2.14. The molecule has 15 heavy (non-hydrogen) atoms. The van der Waals surface area contributed by atoms with Gasteiger partial charge in [-0.25, -0.2) is 0 Å². The van der Waals surface area contributed by atoms with Gasteiger partial charge >= 0.3 is 0 Å². The average molecular weight is 201 g/mol. The second-order valence-electron chi connectivity index (χ2n) is 3.40. The topological polar surface area (TPSA) is 42.2 Å². The number of hydrogen-bond acceptors (Lipinski definition) is 3. The van der Waals surface area contributed by atoms with Crippen molar-refractivity contribution in [2.45, 2.75) is 6.92 Å². The normalized spacial score (nSPS) is 14.5. The molecule has 0 bridgehead atoms. The zero-order chi connectivity index (χ0) is 10.7. The van der Waals surface area contributed by atoms with Gasteiger partial charge in [0.25, 0.3) is 0 Å². The molecule has 0 amide bonds. The van der Waals surface area contributed by atoms with Crippen LogP contribution in [0.2, 0.25) is 0 Å². The molecule has 1 aliphatic heterocycles. The molecule has 0 N–H and O–H groups in total.